The van der Waals surface area contributed by atoms with Crippen LogP contribution in [0.15, 0.2) is 40.9 Å². The number of hydrogen-bond donors (Lipinski definition) is 1. The Bertz CT molecular complexity index is 734. The number of carbonyl (C=O) groups is 1. The summed E-state index contributed by atoms with van der Waals surface area (Å²) in [5, 5.41) is 20.0. The largest absolute Gasteiger partial charge is 0.478 e. The van der Waals surface area contributed by atoms with E-state index in [4.69, 9.17) is 21.4 Å². The first-order valence-corrected chi connectivity index (χ1v) is 6.70. The van der Waals surface area contributed by atoms with Crippen LogP contribution in [0.5, 0.6) is 11.5 Å². The highest BCUT2D eigenvalue weighted by atomic mass is 79.9. The summed E-state index contributed by atoms with van der Waals surface area (Å²) in [6, 6.07) is 8.28. The third kappa shape index (κ3) is 3.50. The van der Waals surface area contributed by atoms with Gasteiger partial charge in [0, 0.05) is 10.5 Å². The van der Waals surface area contributed by atoms with Gasteiger partial charge in [0.25, 0.3) is 0 Å². The molecular formula is C13H7BrClNO5. The second-order valence-electron chi connectivity index (χ2n) is 3.92. The lowest BCUT2D eigenvalue weighted by Gasteiger charge is -2.08. The molecule has 1 N–H and O–H groups in total. The molecule has 0 radical (unpaired) electrons. The summed E-state index contributed by atoms with van der Waals surface area (Å²) < 4.78 is 5.92. The fourth-order valence-corrected chi connectivity index (χ4v) is 2.13. The SMILES string of the molecule is O=C(O)c1cc(Oc2ccc(Br)cc2[N+](=O)[O-])ccc1Cl. The predicted molar refractivity (Wildman–Crippen MR) is 79.3 cm³/mol. The molecule has 0 atom stereocenters. The number of carboxylic acid groups (broad SMARTS) is 1. The predicted octanol–water partition coefficient (Wildman–Crippen LogP) is 4.50. The van der Waals surface area contributed by atoms with Gasteiger partial charge in [-0.25, -0.2) is 4.79 Å². The molecule has 0 unspecified atom stereocenters. The second kappa shape index (κ2) is 6.11. The quantitative estimate of drug-likeness (QED) is 0.630. The van der Waals surface area contributed by atoms with E-state index in [2.05, 4.69) is 15.9 Å². The Labute approximate surface area is 132 Å². The van der Waals surface area contributed by atoms with Crippen molar-refractivity contribution in [1.82, 2.24) is 0 Å². The molecule has 0 saturated carbocycles. The number of benzene rings is 2. The molecule has 0 bridgehead atoms. The van der Waals surface area contributed by atoms with E-state index in [1.807, 2.05) is 0 Å². The molecule has 2 aromatic carbocycles. The number of nitro benzene ring substituents is 1. The van der Waals surface area contributed by atoms with Gasteiger partial charge in [-0.3, -0.25) is 10.1 Å². The Hall–Kier alpha value is -2.12. The molecule has 0 heterocycles. The zero-order chi connectivity index (χ0) is 15.6. The van der Waals surface area contributed by atoms with Crippen molar-refractivity contribution in [3.8, 4) is 11.5 Å². The van der Waals surface area contributed by atoms with Crippen LogP contribution in [-0.2, 0) is 0 Å². The van der Waals surface area contributed by atoms with E-state index in [1.165, 1.54) is 30.3 Å². The molecule has 108 valence electrons. The fourth-order valence-electron chi connectivity index (χ4n) is 1.58. The number of ether oxygens (including phenoxy) is 1. The normalized spacial score (nSPS) is 10.2. The van der Waals surface area contributed by atoms with Crippen molar-refractivity contribution in [2.45, 2.75) is 0 Å². The molecule has 21 heavy (non-hydrogen) atoms. The molecule has 0 fully saturated rings. The van der Waals surface area contributed by atoms with Gasteiger partial charge in [-0.15, -0.1) is 0 Å². The van der Waals surface area contributed by atoms with Gasteiger partial charge in [-0.2, -0.15) is 0 Å². The molecule has 0 spiro atoms. The van der Waals surface area contributed by atoms with Crippen LogP contribution in [0, 0.1) is 10.1 Å². The van der Waals surface area contributed by atoms with Crippen LogP contribution in [-0.4, -0.2) is 16.0 Å². The van der Waals surface area contributed by atoms with Crippen LogP contribution in [0.3, 0.4) is 0 Å². The number of carboxylic acids is 1. The molecule has 0 aliphatic heterocycles. The standard InChI is InChI=1S/C13H7BrClNO5/c14-7-1-4-12(11(5-7)16(19)20)21-8-2-3-10(15)9(6-8)13(17)18/h1-6H,(H,17,18). The van der Waals surface area contributed by atoms with Gasteiger partial charge in [0.15, 0.2) is 0 Å². The number of halogens is 2. The highest BCUT2D eigenvalue weighted by Gasteiger charge is 2.17. The minimum Gasteiger partial charge on any atom is -0.478 e. The third-order valence-corrected chi connectivity index (χ3v) is 3.34. The molecule has 0 aliphatic rings. The maximum Gasteiger partial charge on any atom is 0.337 e. The third-order valence-electron chi connectivity index (χ3n) is 2.51. The molecule has 6 nitrogen and oxygen atoms in total. The van der Waals surface area contributed by atoms with E-state index in [1.54, 1.807) is 6.07 Å². The Morgan fingerprint density at radius 1 is 1.29 bits per heavy atom. The number of nitro groups is 1. The highest BCUT2D eigenvalue weighted by Crippen LogP contribution is 2.34. The highest BCUT2D eigenvalue weighted by molar-refractivity contribution is 9.10. The van der Waals surface area contributed by atoms with Crippen molar-refractivity contribution in [3.05, 3.63) is 61.6 Å². The second-order valence-corrected chi connectivity index (χ2v) is 5.24. The molecule has 0 amide bonds. The molecule has 0 saturated heterocycles. The Morgan fingerprint density at radius 2 is 2.00 bits per heavy atom. The van der Waals surface area contributed by atoms with E-state index >= 15 is 0 Å². The number of rotatable bonds is 4. The minimum atomic E-state index is -1.21. The van der Waals surface area contributed by atoms with Crippen molar-refractivity contribution in [1.29, 1.82) is 0 Å². The summed E-state index contributed by atoms with van der Waals surface area (Å²) in [6.45, 7) is 0. The Morgan fingerprint density at radius 3 is 2.62 bits per heavy atom. The Kier molecular flexibility index (Phi) is 4.44. The number of hydrogen-bond acceptors (Lipinski definition) is 4. The zero-order valence-electron chi connectivity index (χ0n) is 10.2. The van der Waals surface area contributed by atoms with Gasteiger partial charge in [-0.1, -0.05) is 27.5 Å². The van der Waals surface area contributed by atoms with Gasteiger partial charge >= 0.3 is 11.7 Å². The fraction of sp³-hybridized carbons (Fsp3) is 0. The summed E-state index contributed by atoms with van der Waals surface area (Å²) in [6.07, 6.45) is 0. The average Bonchev–Trinajstić information content (AvgIpc) is 2.42. The monoisotopic (exact) mass is 371 g/mol. The van der Waals surface area contributed by atoms with Crippen molar-refractivity contribution < 1.29 is 19.6 Å². The molecule has 0 aliphatic carbocycles. The van der Waals surface area contributed by atoms with Crippen LogP contribution in [0.4, 0.5) is 5.69 Å². The van der Waals surface area contributed by atoms with E-state index < -0.39 is 10.9 Å². The van der Waals surface area contributed by atoms with Crippen LogP contribution in [0.1, 0.15) is 10.4 Å². The zero-order valence-corrected chi connectivity index (χ0v) is 12.6. The van der Waals surface area contributed by atoms with Crippen LogP contribution < -0.4 is 4.74 Å². The first kappa shape index (κ1) is 15.3. The summed E-state index contributed by atoms with van der Waals surface area (Å²) >= 11 is 8.88. The maximum atomic E-state index is 11.0. The van der Waals surface area contributed by atoms with Crippen LogP contribution >= 0.6 is 27.5 Å². The van der Waals surface area contributed by atoms with Gasteiger partial charge < -0.3 is 9.84 Å². The summed E-state index contributed by atoms with van der Waals surface area (Å²) in [5.74, 6) is -1.07. The smallest absolute Gasteiger partial charge is 0.337 e. The lowest BCUT2D eigenvalue weighted by atomic mass is 10.2. The number of aromatic carboxylic acids is 1. The molecule has 8 heteroatoms. The first-order valence-electron chi connectivity index (χ1n) is 5.53. The lowest BCUT2D eigenvalue weighted by Crippen LogP contribution is -1.98. The minimum absolute atomic E-state index is 0.00172. The maximum absolute atomic E-state index is 11.0. The molecule has 2 rings (SSSR count). The van der Waals surface area contributed by atoms with Gasteiger partial charge in [0.2, 0.25) is 5.75 Å². The average molecular weight is 373 g/mol. The van der Waals surface area contributed by atoms with E-state index in [9.17, 15) is 14.9 Å². The first-order chi connectivity index (χ1) is 9.88. The number of nitrogens with zero attached hydrogens (tertiary/aromatic N) is 1. The summed E-state index contributed by atoms with van der Waals surface area (Å²) in [4.78, 5) is 21.4. The molecule has 2 aromatic rings. The Balaban J connectivity index is 2.41. The summed E-state index contributed by atoms with van der Waals surface area (Å²) in [5.41, 5.74) is -0.384. The van der Waals surface area contributed by atoms with Gasteiger partial charge in [-0.05, 0) is 30.3 Å². The van der Waals surface area contributed by atoms with E-state index in [0.717, 1.165) is 0 Å². The molecular weight excluding hydrogens is 366 g/mol. The van der Waals surface area contributed by atoms with Crippen molar-refractivity contribution in [3.63, 3.8) is 0 Å². The van der Waals surface area contributed by atoms with Crippen LogP contribution in [0.2, 0.25) is 5.02 Å². The van der Waals surface area contributed by atoms with Crippen molar-refractivity contribution in [2.75, 3.05) is 0 Å². The van der Waals surface area contributed by atoms with Crippen molar-refractivity contribution in [2.24, 2.45) is 0 Å². The van der Waals surface area contributed by atoms with E-state index in [-0.39, 0.29) is 27.8 Å². The van der Waals surface area contributed by atoms with Crippen LogP contribution in [0.25, 0.3) is 0 Å². The van der Waals surface area contributed by atoms with E-state index in [0.29, 0.717) is 4.47 Å². The lowest BCUT2D eigenvalue weighted by molar-refractivity contribution is -0.385. The molecule has 0 aromatic heterocycles. The topological polar surface area (TPSA) is 89.7 Å². The van der Waals surface area contributed by atoms with Crippen molar-refractivity contribution >= 4 is 39.2 Å². The van der Waals surface area contributed by atoms with Gasteiger partial charge in [0.1, 0.15) is 5.75 Å². The van der Waals surface area contributed by atoms with Gasteiger partial charge in [0.05, 0.1) is 15.5 Å². The summed E-state index contributed by atoms with van der Waals surface area (Å²) in [7, 11) is 0.